The lowest BCUT2D eigenvalue weighted by Crippen LogP contribution is -2.18. The topological polar surface area (TPSA) is 72.2 Å². The van der Waals surface area contributed by atoms with Gasteiger partial charge in [-0.2, -0.15) is 0 Å². The highest BCUT2D eigenvalue weighted by atomic mass is 32.1. The first-order valence-corrected chi connectivity index (χ1v) is 9.12. The van der Waals surface area contributed by atoms with E-state index in [0.29, 0.717) is 22.5 Å². The van der Waals surface area contributed by atoms with Crippen LogP contribution in [0.5, 0.6) is 0 Å². The number of rotatable bonds is 5. The monoisotopic (exact) mass is 364 g/mol. The highest BCUT2D eigenvalue weighted by Gasteiger charge is 2.21. The maximum Gasteiger partial charge on any atom is 0.256 e. The molecule has 0 saturated heterocycles. The number of hydrogen-bond acceptors (Lipinski definition) is 3. The standard InChI is InChI=1S/C21H20N2O2S/c1-13-8-6-7-11-16(13)20(25)23-21-18(19(22)24)14(2)17(26-21)12-15-9-4-3-5-10-15/h3-11H,12H2,1-2H3,(H2,22,24)(H,23,25). The molecule has 26 heavy (non-hydrogen) atoms. The van der Waals surface area contributed by atoms with Crippen molar-refractivity contribution in [2.45, 2.75) is 20.3 Å². The molecule has 4 nitrogen and oxygen atoms in total. The van der Waals surface area contributed by atoms with Crippen molar-refractivity contribution in [1.82, 2.24) is 0 Å². The fourth-order valence-electron chi connectivity index (χ4n) is 2.89. The maximum absolute atomic E-state index is 12.6. The minimum absolute atomic E-state index is 0.238. The summed E-state index contributed by atoms with van der Waals surface area (Å²) in [4.78, 5) is 25.6. The highest BCUT2D eigenvalue weighted by Crippen LogP contribution is 2.34. The summed E-state index contributed by atoms with van der Waals surface area (Å²) < 4.78 is 0. The molecule has 0 aliphatic heterocycles. The van der Waals surface area contributed by atoms with Gasteiger partial charge in [-0.1, -0.05) is 48.5 Å². The van der Waals surface area contributed by atoms with E-state index < -0.39 is 5.91 Å². The molecule has 3 N–H and O–H groups in total. The third-order valence-corrected chi connectivity index (χ3v) is 5.52. The van der Waals surface area contributed by atoms with Crippen molar-refractivity contribution in [3.63, 3.8) is 0 Å². The maximum atomic E-state index is 12.6. The van der Waals surface area contributed by atoms with Gasteiger partial charge in [0.05, 0.1) is 5.56 Å². The predicted octanol–water partition coefficient (Wildman–Crippen LogP) is 4.31. The number of carbonyl (C=O) groups is 2. The summed E-state index contributed by atoms with van der Waals surface area (Å²) in [5.41, 5.74) is 9.40. The highest BCUT2D eigenvalue weighted by molar-refractivity contribution is 7.17. The summed E-state index contributed by atoms with van der Waals surface area (Å²) in [7, 11) is 0. The first-order valence-electron chi connectivity index (χ1n) is 8.30. The van der Waals surface area contributed by atoms with E-state index in [1.54, 1.807) is 6.07 Å². The molecule has 0 saturated carbocycles. The molecule has 132 valence electrons. The molecule has 0 bridgehead atoms. The molecule has 0 aliphatic rings. The number of amides is 2. The number of thiophene rings is 1. The summed E-state index contributed by atoms with van der Waals surface area (Å²) in [6.07, 6.45) is 0.692. The molecule has 1 heterocycles. The number of nitrogens with two attached hydrogens (primary N) is 1. The summed E-state index contributed by atoms with van der Waals surface area (Å²) in [6, 6.07) is 17.3. The molecule has 0 fully saturated rings. The lowest BCUT2D eigenvalue weighted by Gasteiger charge is -2.07. The van der Waals surface area contributed by atoms with Gasteiger partial charge in [-0.15, -0.1) is 11.3 Å². The zero-order valence-electron chi connectivity index (χ0n) is 14.7. The SMILES string of the molecule is Cc1ccccc1C(=O)Nc1sc(Cc2ccccc2)c(C)c1C(N)=O. The van der Waals surface area contributed by atoms with Gasteiger partial charge in [0, 0.05) is 16.9 Å². The van der Waals surface area contributed by atoms with Gasteiger partial charge in [0.1, 0.15) is 5.00 Å². The Hall–Kier alpha value is -2.92. The molecule has 3 rings (SSSR count). The van der Waals surface area contributed by atoms with E-state index in [1.807, 2.05) is 62.4 Å². The summed E-state index contributed by atoms with van der Waals surface area (Å²) in [5.74, 6) is -0.767. The average molecular weight is 364 g/mol. The van der Waals surface area contributed by atoms with Crippen molar-refractivity contribution in [3.8, 4) is 0 Å². The Morgan fingerprint density at radius 1 is 1.00 bits per heavy atom. The molecule has 1 aromatic heterocycles. The third-order valence-electron chi connectivity index (χ3n) is 4.32. The molecule has 0 atom stereocenters. The summed E-state index contributed by atoms with van der Waals surface area (Å²) >= 11 is 1.41. The number of aryl methyl sites for hydroxylation is 1. The number of hydrogen-bond donors (Lipinski definition) is 2. The van der Waals surface area contributed by atoms with Crippen LogP contribution in [-0.2, 0) is 6.42 Å². The summed E-state index contributed by atoms with van der Waals surface area (Å²) in [5, 5.41) is 3.38. The molecule has 0 aliphatic carbocycles. The Kier molecular flexibility index (Phi) is 5.19. The van der Waals surface area contributed by atoms with E-state index in [2.05, 4.69) is 5.32 Å². The van der Waals surface area contributed by atoms with Crippen LogP contribution in [0.25, 0.3) is 0 Å². The van der Waals surface area contributed by atoms with Crippen LogP contribution in [0.2, 0.25) is 0 Å². The van der Waals surface area contributed by atoms with Crippen LogP contribution in [-0.4, -0.2) is 11.8 Å². The largest absolute Gasteiger partial charge is 0.365 e. The lowest BCUT2D eigenvalue weighted by atomic mass is 10.1. The summed E-state index contributed by atoms with van der Waals surface area (Å²) in [6.45, 7) is 3.75. The van der Waals surface area contributed by atoms with Gasteiger partial charge in [-0.3, -0.25) is 9.59 Å². The quantitative estimate of drug-likeness (QED) is 0.708. The van der Waals surface area contributed by atoms with Crippen LogP contribution in [0.3, 0.4) is 0 Å². The lowest BCUT2D eigenvalue weighted by molar-refractivity contribution is 0.100. The molecule has 0 spiro atoms. The molecular formula is C21H20N2O2S. The van der Waals surface area contributed by atoms with E-state index in [4.69, 9.17) is 5.73 Å². The van der Waals surface area contributed by atoms with Crippen molar-refractivity contribution in [2.24, 2.45) is 5.73 Å². The van der Waals surface area contributed by atoms with E-state index in [-0.39, 0.29) is 5.91 Å². The average Bonchev–Trinajstić information content (AvgIpc) is 2.91. The smallest absolute Gasteiger partial charge is 0.256 e. The fourth-order valence-corrected chi connectivity index (χ4v) is 4.13. The van der Waals surface area contributed by atoms with Crippen LogP contribution in [0.15, 0.2) is 54.6 Å². The van der Waals surface area contributed by atoms with Crippen molar-refractivity contribution >= 4 is 28.2 Å². The molecule has 0 radical (unpaired) electrons. The van der Waals surface area contributed by atoms with Crippen molar-refractivity contribution in [1.29, 1.82) is 0 Å². The number of benzene rings is 2. The van der Waals surface area contributed by atoms with Crippen LogP contribution < -0.4 is 11.1 Å². The normalized spacial score (nSPS) is 10.5. The van der Waals surface area contributed by atoms with Crippen LogP contribution in [0.1, 0.15) is 42.3 Å². The Balaban J connectivity index is 1.94. The Morgan fingerprint density at radius 2 is 1.65 bits per heavy atom. The van der Waals surface area contributed by atoms with E-state index in [9.17, 15) is 9.59 Å². The van der Waals surface area contributed by atoms with E-state index >= 15 is 0 Å². The first kappa shape index (κ1) is 17.9. The Bertz CT molecular complexity index is 961. The predicted molar refractivity (Wildman–Crippen MR) is 106 cm³/mol. The second-order valence-corrected chi connectivity index (χ2v) is 7.26. The molecule has 0 unspecified atom stereocenters. The second kappa shape index (κ2) is 7.54. The number of nitrogens with one attached hydrogen (secondary N) is 1. The molecule has 2 amide bonds. The van der Waals surface area contributed by atoms with Gasteiger partial charge >= 0.3 is 0 Å². The Morgan fingerprint density at radius 3 is 2.31 bits per heavy atom. The number of anilines is 1. The second-order valence-electron chi connectivity index (χ2n) is 6.15. The molecular weight excluding hydrogens is 344 g/mol. The van der Waals surface area contributed by atoms with Gasteiger partial charge in [0.15, 0.2) is 0 Å². The van der Waals surface area contributed by atoms with Crippen LogP contribution >= 0.6 is 11.3 Å². The minimum atomic E-state index is -0.529. The van der Waals surface area contributed by atoms with Gasteiger partial charge in [0.25, 0.3) is 11.8 Å². The van der Waals surface area contributed by atoms with Gasteiger partial charge < -0.3 is 11.1 Å². The van der Waals surface area contributed by atoms with Crippen molar-refractivity contribution in [2.75, 3.05) is 5.32 Å². The van der Waals surface area contributed by atoms with Crippen molar-refractivity contribution in [3.05, 3.63) is 87.3 Å². The third kappa shape index (κ3) is 3.68. The zero-order valence-corrected chi connectivity index (χ0v) is 15.5. The first-order chi connectivity index (χ1) is 12.5. The van der Waals surface area contributed by atoms with Gasteiger partial charge in [-0.05, 0) is 36.6 Å². The van der Waals surface area contributed by atoms with Crippen LogP contribution in [0, 0.1) is 13.8 Å². The minimum Gasteiger partial charge on any atom is -0.365 e. The Labute approximate surface area is 156 Å². The van der Waals surface area contributed by atoms with E-state index in [0.717, 1.165) is 21.6 Å². The van der Waals surface area contributed by atoms with Crippen molar-refractivity contribution < 1.29 is 9.59 Å². The van der Waals surface area contributed by atoms with E-state index in [1.165, 1.54) is 11.3 Å². The molecule has 5 heteroatoms. The molecule has 2 aromatic carbocycles. The number of primary amides is 1. The fraction of sp³-hybridized carbons (Fsp3) is 0.143. The number of carbonyl (C=O) groups excluding carboxylic acids is 2. The zero-order chi connectivity index (χ0) is 18.7. The van der Waals surface area contributed by atoms with Gasteiger partial charge in [-0.25, -0.2) is 0 Å². The van der Waals surface area contributed by atoms with Crippen LogP contribution in [0.4, 0.5) is 5.00 Å². The van der Waals surface area contributed by atoms with Gasteiger partial charge in [0.2, 0.25) is 0 Å². The molecule has 3 aromatic rings.